The van der Waals surface area contributed by atoms with E-state index >= 15 is 0 Å². The Labute approximate surface area is 145 Å². The fourth-order valence-electron chi connectivity index (χ4n) is 6.10. The lowest BCUT2D eigenvalue weighted by molar-refractivity contribution is -0.000438. The second kappa shape index (κ2) is 6.83. The highest BCUT2D eigenvalue weighted by molar-refractivity contribution is 5.75. The summed E-state index contributed by atoms with van der Waals surface area (Å²) < 4.78 is 5.61. The van der Waals surface area contributed by atoms with Gasteiger partial charge in [-0.2, -0.15) is 0 Å². The average Bonchev–Trinajstić information content (AvgIpc) is 3.33. The summed E-state index contributed by atoms with van der Waals surface area (Å²) >= 11 is 0. The number of hydrogen-bond donors (Lipinski definition) is 2. The molecule has 2 heterocycles. The predicted molar refractivity (Wildman–Crippen MR) is 93.7 cm³/mol. The predicted octanol–water partition coefficient (Wildman–Crippen LogP) is 2.49. The maximum absolute atomic E-state index is 13.1. The van der Waals surface area contributed by atoms with Gasteiger partial charge in [-0.3, -0.25) is 0 Å². The van der Waals surface area contributed by atoms with Gasteiger partial charge in [-0.05, 0) is 55.8 Å². The SMILES string of the molecule is NCC(NC(=O)N1CC2(CCOCC2)[C@@H]2CCC[C@@H]21)C1CCCC1. The molecule has 2 saturated heterocycles. The van der Waals surface area contributed by atoms with Crippen LogP contribution in [-0.4, -0.2) is 49.3 Å². The lowest BCUT2D eigenvalue weighted by atomic mass is 9.71. The Balaban J connectivity index is 1.45. The zero-order valence-corrected chi connectivity index (χ0v) is 14.8. The molecule has 4 rings (SSSR count). The molecule has 1 unspecified atom stereocenters. The number of carbonyl (C=O) groups is 1. The van der Waals surface area contributed by atoms with Gasteiger partial charge in [0.25, 0.3) is 0 Å². The van der Waals surface area contributed by atoms with Gasteiger partial charge in [0.15, 0.2) is 0 Å². The molecule has 0 aromatic rings. The van der Waals surface area contributed by atoms with Crippen molar-refractivity contribution in [3.63, 3.8) is 0 Å². The molecule has 136 valence electrons. The number of nitrogens with one attached hydrogen (secondary N) is 1. The van der Waals surface area contributed by atoms with Crippen molar-refractivity contribution in [2.24, 2.45) is 23.0 Å². The minimum atomic E-state index is 0.151. The summed E-state index contributed by atoms with van der Waals surface area (Å²) in [4.78, 5) is 15.2. The number of amides is 2. The minimum Gasteiger partial charge on any atom is -0.381 e. The van der Waals surface area contributed by atoms with Crippen LogP contribution in [0.5, 0.6) is 0 Å². The monoisotopic (exact) mass is 335 g/mol. The second-order valence-electron chi connectivity index (χ2n) is 8.54. The van der Waals surface area contributed by atoms with Gasteiger partial charge in [0.2, 0.25) is 0 Å². The number of hydrogen-bond acceptors (Lipinski definition) is 3. The quantitative estimate of drug-likeness (QED) is 0.833. The molecule has 0 bridgehead atoms. The van der Waals surface area contributed by atoms with E-state index in [1.807, 2.05) is 0 Å². The third-order valence-corrected chi connectivity index (χ3v) is 7.43. The van der Waals surface area contributed by atoms with Crippen molar-refractivity contribution in [1.29, 1.82) is 0 Å². The molecule has 5 heteroatoms. The molecule has 0 aromatic heterocycles. The van der Waals surface area contributed by atoms with Gasteiger partial charge in [-0.15, -0.1) is 0 Å². The molecule has 3 atom stereocenters. The third-order valence-electron chi connectivity index (χ3n) is 7.43. The van der Waals surface area contributed by atoms with Gasteiger partial charge in [-0.1, -0.05) is 19.3 Å². The molecular formula is C19H33N3O2. The Kier molecular flexibility index (Phi) is 4.74. The summed E-state index contributed by atoms with van der Waals surface area (Å²) in [7, 11) is 0. The molecule has 1 spiro atoms. The Morgan fingerprint density at radius 2 is 1.92 bits per heavy atom. The van der Waals surface area contributed by atoms with Crippen LogP contribution in [0.1, 0.15) is 57.8 Å². The third kappa shape index (κ3) is 2.84. The van der Waals surface area contributed by atoms with Gasteiger partial charge in [0.1, 0.15) is 0 Å². The molecule has 4 fully saturated rings. The summed E-state index contributed by atoms with van der Waals surface area (Å²) in [5, 5.41) is 3.32. The Morgan fingerprint density at radius 3 is 2.62 bits per heavy atom. The van der Waals surface area contributed by atoms with Crippen molar-refractivity contribution in [3.05, 3.63) is 0 Å². The Bertz CT molecular complexity index is 458. The molecule has 3 N–H and O–H groups in total. The van der Waals surface area contributed by atoms with E-state index in [0.717, 1.165) is 32.6 Å². The van der Waals surface area contributed by atoms with Gasteiger partial charge in [0, 0.05) is 38.4 Å². The molecule has 2 aliphatic carbocycles. The van der Waals surface area contributed by atoms with Crippen molar-refractivity contribution in [1.82, 2.24) is 10.2 Å². The molecule has 2 saturated carbocycles. The summed E-state index contributed by atoms with van der Waals surface area (Å²) in [6.07, 6.45) is 11.0. The smallest absolute Gasteiger partial charge is 0.317 e. The normalized spacial score (nSPS) is 33.8. The topological polar surface area (TPSA) is 67.6 Å². The molecule has 5 nitrogen and oxygen atoms in total. The van der Waals surface area contributed by atoms with Crippen molar-refractivity contribution in [2.75, 3.05) is 26.3 Å². The number of carbonyl (C=O) groups excluding carboxylic acids is 1. The van der Waals surface area contributed by atoms with E-state index in [1.165, 1.54) is 44.9 Å². The molecule has 2 aliphatic heterocycles. The lowest BCUT2D eigenvalue weighted by Crippen LogP contribution is -2.51. The highest BCUT2D eigenvalue weighted by Gasteiger charge is 2.55. The fourth-order valence-corrected chi connectivity index (χ4v) is 6.10. The van der Waals surface area contributed by atoms with Crippen LogP contribution in [0.4, 0.5) is 4.79 Å². The Morgan fingerprint density at radius 1 is 1.17 bits per heavy atom. The first-order valence-electron chi connectivity index (χ1n) is 10.1. The van der Waals surface area contributed by atoms with Crippen molar-refractivity contribution in [3.8, 4) is 0 Å². The zero-order chi connectivity index (χ0) is 16.6. The van der Waals surface area contributed by atoms with Crippen LogP contribution in [0.3, 0.4) is 0 Å². The molecule has 24 heavy (non-hydrogen) atoms. The van der Waals surface area contributed by atoms with Crippen LogP contribution in [0.25, 0.3) is 0 Å². The number of rotatable bonds is 3. The highest BCUT2D eigenvalue weighted by Crippen LogP contribution is 2.53. The summed E-state index contributed by atoms with van der Waals surface area (Å²) in [6, 6.07) is 0.758. The molecule has 0 aromatic carbocycles. The van der Waals surface area contributed by atoms with E-state index in [-0.39, 0.29) is 12.1 Å². The first-order valence-corrected chi connectivity index (χ1v) is 10.1. The molecule has 2 amide bonds. The first-order chi connectivity index (χ1) is 11.7. The summed E-state index contributed by atoms with van der Waals surface area (Å²) in [5.74, 6) is 1.27. The maximum Gasteiger partial charge on any atom is 0.317 e. The number of nitrogens with two attached hydrogens (primary N) is 1. The molecular weight excluding hydrogens is 302 g/mol. The van der Waals surface area contributed by atoms with E-state index < -0.39 is 0 Å². The van der Waals surface area contributed by atoms with E-state index in [1.54, 1.807) is 0 Å². The van der Waals surface area contributed by atoms with E-state index in [4.69, 9.17) is 10.5 Å². The highest BCUT2D eigenvalue weighted by atomic mass is 16.5. The summed E-state index contributed by atoms with van der Waals surface area (Å²) in [6.45, 7) is 3.23. The van der Waals surface area contributed by atoms with Crippen LogP contribution in [0.2, 0.25) is 0 Å². The Hall–Kier alpha value is -0.810. The number of ether oxygens (including phenoxy) is 1. The van der Waals surface area contributed by atoms with Crippen LogP contribution in [-0.2, 0) is 4.74 Å². The van der Waals surface area contributed by atoms with Gasteiger partial charge in [-0.25, -0.2) is 4.79 Å². The first kappa shape index (κ1) is 16.6. The minimum absolute atomic E-state index is 0.151. The van der Waals surface area contributed by atoms with Gasteiger partial charge in [0.05, 0.1) is 0 Å². The van der Waals surface area contributed by atoms with E-state index in [0.29, 0.717) is 29.8 Å². The number of urea groups is 1. The molecule has 0 radical (unpaired) electrons. The zero-order valence-electron chi connectivity index (χ0n) is 14.8. The van der Waals surface area contributed by atoms with E-state index in [2.05, 4.69) is 10.2 Å². The van der Waals surface area contributed by atoms with Crippen LogP contribution in [0.15, 0.2) is 0 Å². The van der Waals surface area contributed by atoms with Crippen LogP contribution in [0, 0.1) is 17.3 Å². The fraction of sp³-hybridized carbons (Fsp3) is 0.947. The van der Waals surface area contributed by atoms with E-state index in [9.17, 15) is 4.79 Å². The number of likely N-dealkylation sites (tertiary alicyclic amines) is 1. The number of nitrogens with zero attached hydrogens (tertiary/aromatic N) is 1. The maximum atomic E-state index is 13.1. The standard InChI is InChI=1S/C19H33N3O2/c20-12-16(14-4-1-2-5-14)21-18(23)22-13-19(8-10-24-11-9-19)15-6-3-7-17(15)22/h14-17H,1-13,20H2,(H,21,23)/t15-,16?,17+/m1/s1. The van der Waals surface area contributed by atoms with Crippen molar-refractivity contribution < 1.29 is 9.53 Å². The van der Waals surface area contributed by atoms with Gasteiger partial charge >= 0.3 is 6.03 Å². The number of fused-ring (bicyclic) bond motifs is 2. The molecule has 4 aliphatic rings. The van der Waals surface area contributed by atoms with Crippen molar-refractivity contribution in [2.45, 2.75) is 69.9 Å². The summed E-state index contributed by atoms with van der Waals surface area (Å²) in [5.41, 5.74) is 6.31. The lowest BCUT2D eigenvalue weighted by Gasteiger charge is -2.37. The van der Waals surface area contributed by atoms with Crippen LogP contribution < -0.4 is 11.1 Å². The van der Waals surface area contributed by atoms with Gasteiger partial charge < -0.3 is 20.7 Å². The largest absolute Gasteiger partial charge is 0.381 e. The second-order valence-corrected chi connectivity index (χ2v) is 8.54. The average molecular weight is 335 g/mol. The van der Waals surface area contributed by atoms with Crippen LogP contribution >= 0.6 is 0 Å². The van der Waals surface area contributed by atoms with Crippen molar-refractivity contribution >= 4 is 6.03 Å².